The van der Waals surface area contributed by atoms with Gasteiger partial charge < -0.3 is 19.5 Å². The van der Waals surface area contributed by atoms with Crippen LogP contribution in [0.25, 0.3) is 22.0 Å². The average Bonchev–Trinajstić information content (AvgIpc) is 3.33. The van der Waals surface area contributed by atoms with Gasteiger partial charge in [0.1, 0.15) is 5.82 Å². The normalized spacial score (nSPS) is 14.9. The van der Waals surface area contributed by atoms with E-state index in [1.54, 1.807) is 23.1 Å². The predicted octanol–water partition coefficient (Wildman–Crippen LogP) is 4.86. The van der Waals surface area contributed by atoms with E-state index in [0.717, 1.165) is 48.0 Å². The summed E-state index contributed by atoms with van der Waals surface area (Å²) in [6, 6.07) is 16.3. The summed E-state index contributed by atoms with van der Waals surface area (Å²) in [4.78, 5) is 20.2. The second-order valence-electron chi connectivity index (χ2n) is 8.68. The largest absolute Gasteiger partial charge is 0.417 e. The van der Waals surface area contributed by atoms with Crippen molar-refractivity contribution in [2.45, 2.75) is 25.4 Å². The van der Waals surface area contributed by atoms with E-state index >= 15 is 0 Å². The molecule has 5 rings (SSSR count). The molecule has 1 aliphatic rings. The van der Waals surface area contributed by atoms with Crippen LogP contribution >= 0.6 is 0 Å². The number of amides is 1. The molecule has 1 aliphatic heterocycles. The third kappa shape index (κ3) is 4.77. The molecule has 0 saturated carbocycles. The summed E-state index contributed by atoms with van der Waals surface area (Å²) >= 11 is 0. The zero-order chi connectivity index (χ0) is 23.5. The molecule has 1 fully saturated rings. The van der Waals surface area contributed by atoms with Crippen molar-refractivity contribution in [1.29, 1.82) is 0 Å². The first kappa shape index (κ1) is 22.0. The van der Waals surface area contributed by atoms with Crippen molar-refractivity contribution in [3.8, 4) is 17.0 Å². The summed E-state index contributed by atoms with van der Waals surface area (Å²) in [5.41, 5.74) is 3.37. The summed E-state index contributed by atoms with van der Waals surface area (Å²) < 4.78 is 20.5. The number of nitrogens with one attached hydrogen (secondary N) is 1. The first-order valence-corrected chi connectivity index (χ1v) is 11.4. The highest BCUT2D eigenvalue weighted by Gasteiger charge is 2.29. The lowest BCUT2D eigenvalue weighted by Gasteiger charge is -2.36. The van der Waals surface area contributed by atoms with Crippen molar-refractivity contribution in [3.05, 3.63) is 78.4 Å². The van der Waals surface area contributed by atoms with Crippen LogP contribution in [0.3, 0.4) is 0 Å². The number of fused-ring (bicyclic) bond motifs is 1. The molecule has 0 unspecified atom stereocenters. The number of benzene rings is 2. The molecule has 1 N–H and O–H groups in total. The lowest BCUT2D eigenvalue weighted by Crippen LogP contribution is -2.47. The number of carbonyl (C=O) groups excluding carboxylic acids is 1. The Hall–Kier alpha value is -3.78. The lowest BCUT2D eigenvalue weighted by atomic mass is 9.99. The van der Waals surface area contributed by atoms with Crippen molar-refractivity contribution >= 4 is 17.0 Å². The fourth-order valence-electron chi connectivity index (χ4n) is 4.43. The molecular formula is C26H26FN5O2. The van der Waals surface area contributed by atoms with Gasteiger partial charge in [0.05, 0.1) is 6.54 Å². The van der Waals surface area contributed by atoms with Crippen LogP contribution in [0.5, 0.6) is 5.88 Å². The molecule has 2 aromatic carbocycles. The minimum atomic E-state index is -0.548. The molecule has 0 bridgehead atoms. The molecule has 34 heavy (non-hydrogen) atoms. The lowest BCUT2D eigenvalue weighted by molar-refractivity contribution is 0.0960. The molecule has 0 aliphatic carbocycles. The minimum absolute atomic E-state index is 0.0559. The number of hydrogen-bond donors (Lipinski definition) is 1. The van der Waals surface area contributed by atoms with Crippen LogP contribution in [0.4, 0.5) is 9.18 Å². The Morgan fingerprint density at radius 3 is 2.74 bits per heavy atom. The predicted molar refractivity (Wildman–Crippen MR) is 128 cm³/mol. The van der Waals surface area contributed by atoms with Crippen molar-refractivity contribution in [3.63, 3.8) is 0 Å². The van der Waals surface area contributed by atoms with E-state index in [0.29, 0.717) is 5.56 Å². The molecule has 3 heterocycles. The van der Waals surface area contributed by atoms with Crippen molar-refractivity contribution in [2.24, 2.45) is 0 Å². The third-order valence-electron chi connectivity index (χ3n) is 6.38. The zero-order valence-electron chi connectivity index (χ0n) is 18.9. The maximum absolute atomic E-state index is 15.0. The second kappa shape index (κ2) is 9.61. The van der Waals surface area contributed by atoms with Crippen molar-refractivity contribution < 1.29 is 13.9 Å². The number of aromatic amines is 1. The van der Waals surface area contributed by atoms with Gasteiger partial charge in [-0.1, -0.05) is 12.1 Å². The van der Waals surface area contributed by atoms with Crippen molar-refractivity contribution in [1.82, 2.24) is 25.0 Å². The highest BCUT2D eigenvalue weighted by Crippen LogP contribution is 2.28. The molecule has 7 nitrogen and oxygen atoms in total. The number of hydrogen-bond acceptors (Lipinski definition) is 5. The van der Waals surface area contributed by atoms with Gasteiger partial charge in [-0.05, 0) is 85.9 Å². The molecule has 1 saturated heterocycles. The van der Waals surface area contributed by atoms with Crippen LogP contribution in [0.2, 0.25) is 0 Å². The Bertz CT molecular complexity index is 1280. The Kier molecular flexibility index (Phi) is 6.22. The summed E-state index contributed by atoms with van der Waals surface area (Å²) in [6.45, 7) is 1.83. The summed E-state index contributed by atoms with van der Waals surface area (Å²) in [6.07, 6.45) is 4.44. The molecular weight excluding hydrogens is 433 g/mol. The molecule has 1 amide bonds. The van der Waals surface area contributed by atoms with E-state index in [1.165, 1.54) is 12.3 Å². The number of rotatable bonds is 5. The van der Waals surface area contributed by atoms with Crippen LogP contribution in [0, 0.1) is 5.82 Å². The number of likely N-dealkylation sites (tertiary alicyclic amines) is 1. The van der Waals surface area contributed by atoms with E-state index in [9.17, 15) is 9.18 Å². The zero-order valence-corrected chi connectivity index (χ0v) is 18.9. The molecule has 0 spiro atoms. The first-order valence-electron chi connectivity index (χ1n) is 11.4. The van der Waals surface area contributed by atoms with Gasteiger partial charge >= 0.3 is 6.09 Å². The molecule has 4 aromatic rings. The van der Waals surface area contributed by atoms with E-state index in [-0.39, 0.29) is 24.3 Å². The van der Waals surface area contributed by atoms with Gasteiger partial charge in [-0.3, -0.25) is 0 Å². The quantitative estimate of drug-likeness (QED) is 0.461. The highest BCUT2D eigenvalue weighted by atomic mass is 19.1. The number of H-pyrrole nitrogens is 1. The van der Waals surface area contributed by atoms with Crippen molar-refractivity contribution in [2.75, 3.05) is 20.1 Å². The SMILES string of the molecule is CN1CCC(N(Cc2cc(-c3ccc4[nH]ccc4c3)ccc2F)C(=O)Oc2cccnn2)CC1. The van der Waals surface area contributed by atoms with Crippen LogP contribution < -0.4 is 4.74 Å². The minimum Gasteiger partial charge on any atom is -0.389 e. The average molecular weight is 460 g/mol. The number of nitrogens with zero attached hydrogens (tertiary/aromatic N) is 4. The Balaban J connectivity index is 1.43. The monoisotopic (exact) mass is 459 g/mol. The first-order chi connectivity index (χ1) is 16.6. The summed E-state index contributed by atoms with van der Waals surface area (Å²) in [7, 11) is 2.06. The Morgan fingerprint density at radius 1 is 1.15 bits per heavy atom. The molecule has 0 radical (unpaired) electrons. The molecule has 8 heteroatoms. The van der Waals surface area contributed by atoms with Gasteiger partial charge in [0.15, 0.2) is 0 Å². The third-order valence-corrected chi connectivity index (χ3v) is 6.38. The van der Waals surface area contributed by atoms with E-state index in [2.05, 4.69) is 33.2 Å². The Labute approximate surface area is 197 Å². The van der Waals surface area contributed by atoms with E-state index in [4.69, 9.17) is 4.74 Å². The van der Waals surface area contributed by atoms with Crippen LogP contribution in [0.15, 0.2) is 67.0 Å². The van der Waals surface area contributed by atoms with E-state index < -0.39 is 6.09 Å². The van der Waals surface area contributed by atoms with Gasteiger partial charge in [0.2, 0.25) is 5.88 Å². The summed E-state index contributed by atoms with van der Waals surface area (Å²) in [5.74, 6) is -0.226. The van der Waals surface area contributed by atoms with Gasteiger partial charge in [0.25, 0.3) is 0 Å². The smallest absolute Gasteiger partial charge is 0.389 e. The number of piperidine rings is 1. The van der Waals surface area contributed by atoms with Gasteiger partial charge in [0, 0.05) is 35.6 Å². The molecule has 0 atom stereocenters. The number of ether oxygens (including phenoxy) is 1. The number of halogens is 1. The maximum atomic E-state index is 15.0. The second-order valence-corrected chi connectivity index (χ2v) is 8.68. The summed E-state index contributed by atoms with van der Waals surface area (Å²) in [5, 5.41) is 8.71. The standard InChI is InChI=1S/C26H26FN5O2/c1-31-13-9-22(10-14-31)32(26(33)34-25-3-2-11-29-30-25)17-21-16-18(4-6-23(21)27)19-5-7-24-20(15-19)8-12-28-24/h2-8,11-12,15-16,22,28H,9-10,13-14,17H2,1H3. The number of carbonyl (C=O) groups is 1. The topological polar surface area (TPSA) is 74.4 Å². The van der Waals surface area contributed by atoms with Crippen LogP contribution in [-0.4, -0.2) is 57.3 Å². The van der Waals surface area contributed by atoms with Gasteiger partial charge in [-0.25, -0.2) is 9.18 Å². The molecule has 174 valence electrons. The van der Waals surface area contributed by atoms with Crippen LogP contribution in [-0.2, 0) is 6.54 Å². The Morgan fingerprint density at radius 2 is 1.94 bits per heavy atom. The van der Waals surface area contributed by atoms with Gasteiger partial charge in [-0.15, -0.1) is 5.10 Å². The molecule has 2 aromatic heterocycles. The maximum Gasteiger partial charge on any atom is 0.417 e. The van der Waals surface area contributed by atoms with Gasteiger partial charge in [-0.2, -0.15) is 5.10 Å². The number of aromatic nitrogens is 3. The highest BCUT2D eigenvalue weighted by molar-refractivity contribution is 5.85. The fraction of sp³-hybridized carbons (Fsp3) is 0.269. The fourth-order valence-corrected chi connectivity index (χ4v) is 4.43. The van der Waals surface area contributed by atoms with Crippen LogP contribution in [0.1, 0.15) is 18.4 Å². The van der Waals surface area contributed by atoms with E-state index in [1.807, 2.05) is 30.5 Å².